The molecule has 1 aromatic rings. The number of nitrogens with two attached hydrogens (primary N) is 1. The molecule has 0 amide bonds. The lowest BCUT2D eigenvalue weighted by atomic mass is 10.2. The number of ether oxygens (including phenoxy) is 2. The van der Waals surface area contributed by atoms with Crippen LogP contribution in [0.3, 0.4) is 0 Å². The second-order valence-corrected chi connectivity index (χ2v) is 3.48. The molecule has 0 heterocycles. The number of rotatable bonds is 3. The van der Waals surface area contributed by atoms with E-state index in [9.17, 15) is 0 Å². The normalized spacial score (nSPS) is 12.6. The van der Waals surface area contributed by atoms with Gasteiger partial charge in [-0.1, -0.05) is 23.2 Å². The van der Waals surface area contributed by atoms with Crippen LogP contribution in [0.4, 0.5) is 0 Å². The highest BCUT2D eigenvalue weighted by molar-refractivity contribution is 6.34. The smallest absolute Gasteiger partial charge is 0.138 e. The van der Waals surface area contributed by atoms with Gasteiger partial charge in [-0.2, -0.15) is 0 Å². The molecule has 1 rings (SSSR count). The van der Waals surface area contributed by atoms with Crippen LogP contribution in [-0.4, -0.2) is 14.2 Å². The van der Waals surface area contributed by atoms with Gasteiger partial charge in [0.1, 0.15) is 12.0 Å². The van der Waals surface area contributed by atoms with Crippen LogP contribution < -0.4 is 10.5 Å². The number of halogens is 2. The molecule has 78 valence electrons. The van der Waals surface area contributed by atoms with Crippen molar-refractivity contribution in [2.24, 2.45) is 5.73 Å². The Morgan fingerprint density at radius 2 is 1.86 bits per heavy atom. The monoisotopic (exact) mass is 235 g/mol. The SMILES string of the molecule is COc1cc(Cl)c(C(N)OC)cc1Cl. The van der Waals surface area contributed by atoms with E-state index >= 15 is 0 Å². The first kappa shape index (κ1) is 11.6. The Bertz CT molecular complexity index is 331. The van der Waals surface area contributed by atoms with E-state index in [1.807, 2.05) is 0 Å². The summed E-state index contributed by atoms with van der Waals surface area (Å²) in [5, 5.41) is 0.931. The maximum Gasteiger partial charge on any atom is 0.138 e. The second-order valence-electron chi connectivity index (χ2n) is 2.66. The van der Waals surface area contributed by atoms with Crippen LogP contribution in [0, 0.1) is 0 Å². The quantitative estimate of drug-likeness (QED) is 0.820. The van der Waals surface area contributed by atoms with Crippen molar-refractivity contribution in [1.82, 2.24) is 0 Å². The second kappa shape index (κ2) is 4.84. The van der Waals surface area contributed by atoms with Crippen molar-refractivity contribution >= 4 is 23.2 Å². The zero-order chi connectivity index (χ0) is 10.7. The minimum atomic E-state index is -0.578. The van der Waals surface area contributed by atoms with Crippen LogP contribution >= 0.6 is 23.2 Å². The zero-order valence-electron chi connectivity index (χ0n) is 7.88. The van der Waals surface area contributed by atoms with E-state index in [2.05, 4.69) is 0 Å². The summed E-state index contributed by atoms with van der Waals surface area (Å²) in [6, 6.07) is 3.25. The van der Waals surface area contributed by atoms with Crippen LogP contribution in [-0.2, 0) is 4.74 Å². The molecule has 0 saturated carbocycles. The Morgan fingerprint density at radius 3 is 2.36 bits per heavy atom. The van der Waals surface area contributed by atoms with Crippen LogP contribution in [0.15, 0.2) is 12.1 Å². The Labute approximate surface area is 92.7 Å². The van der Waals surface area contributed by atoms with Gasteiger partial charge in [-0.15, -0.1) is 0 Å². The molecule has 0 bridgehead atoms. The summed E-state index contributed by atoms with van der Waals surface area (Å²) in [5.74, 6) is 0.517. The fourth-order valence-corrected chi connectivity index (χ4v) is 1.56. The molecule has 1 atom stereocenters. The van der Waals surface area contributed by atoms with E-state index in [1.54, 1.807) is 12.1 Å². The van der Waals surface area contributed by atoms with Gasteiger partial charge in [0.2, 0.25) is 0 Å². The minimum absolute atomic E-state index is 0.458. The lowest BCUT2D eigenvalue weighted by molar-refractivity contribution is 0.109. The Kier molecular flexibility index (Phi) is 4.01. The van der Waals surface area contributed by atoms with Gasteiger partial charge in [-0.3, -0.25) is 0 Å². The topological polar surface area (TPSA) is 44.5 Å². The minimum Gasteiger partial charge on any atom is -0.495 e. The Morgan fingerprint density at radius 1 is 1.21 bits per heavy atom. The first-order chi connectivity index (χ1) is 6.60. The molecule has 0 aromatic heterocycles. The summed E-state index contributed by atoms with van der Waals surface area (Å²) in [7, 11) is 3.02. The van der Waals surface area contributed by atoms with Crippen LogP contribution in [0.5, 0.6) is 5.75 Å². The molecule has 0 fully saturated rings. The standard InChI is InChI=1S/C9H11Cl2NO2/c1-13-8-4-6(10)5(3-7(8)11)9(12)14-2/h3-4,9H,12H2,1-2H3. The van der Waals surface area contributed by atoms with E-state index in [0.29, 0.717) is 21.4 Å². The molecule has 0 spiro atoms. The van der Waals surface area contributed by atoms with Crippen molar-refractivity contribution in [2.45, 2.75) is 6.23 Å². The fraction of sp³-hybridized carbons (Fsp3) is 0.333. The van der Waals surface area contributed by atoms with Gasteiger partial charge < -0.3 is 15.2 Å². The summed E-state index contributed by atoms with van der Waals surface area (Å²) in [5.41, 5.74) is 6.29. The molecule has 0 aliphatic rings. The maximum absolute atomic E-state index is 5.96. The number of methoxy groups -OCH3 is 2. The Balaban J connectivity index is 3.14. The molecule has 3 nitrogen and oxygen atoms in total. The van der Waals surface area contributed by atoms with Crippen molar-refractivity contribution in [3.63, 3.8) is 0 Å². The summed E-state index contributed by atoms with van der Waals surface area (Å²) in [4.78, 5) is 0. The van der Waals surface area contributed by atoms with E-state index < -0.39 is 6.23 Å². The molecule has 0 aliphatic heterocycles. The summed E-state index contributed by atoms with van der Waals surface area (Å²) >= 11 is 11.9. The van der Waals surface area contributed by atoms with Crippen molar-refractivity contribution in [3.8, 4) is 5.75 Å². The van der Waals surface area contributed by atoms with Crippen LogP contribution in [0.1, 0.15) is 11.8 Å². The van der Waals surface area contributed by atoms with E-state index in [1.165, 1.54) is 14.2 Å². The predicted molar refractivity (Wildman–Crippen MR) is 57.0 cm³/mol. The first-order valence-electron chi connectivity index (χ1n) is 3.91. The molecule has 0 aliphatic carbocycles. The molecule has 0 saturated heterocycles. The average molecular weight is 236 g/mol. The number of hydrogen-bond donors (Lipinski definition) is 1. The first-order valence-corrected chi connectivity index (χ1v) is 4.67. The van der Waals surface area contributed by atoms with Gasteiger partial charge in [0.25, 0.3) is 0 Å². The van der Waals surface area contributed by atoms with Gasteiger partial charge in [0.15, 0.2) is 0 Å². The largest absolute Gasteiger partial charge is 0.495 e. The maximum atomic E-state index is 5.96. The van der Waals surface area contributed by atoms with E-state index in [0.717, 1.165) is 0 Å². The highest BCUT2D eigenvalue weighted by atomic mass is 35.5. The highest BCUT2D eigenvalue weighted by Crippen LogP contribution is 2.33. The lowest BCUT2D eigenvalue weighted by Gasteiger charge is -2.13. The molecular formula is C9H11Cl2NO2. The summed E-state index contributed by atoms with van der Waals surface area (Å²) in [6.07, 6.45) is -0.578. The summed E-state index contributed by atoms with van der Waals surface area (Å²) < 4.78 is 9.94. The summed E-state index contributed by atoms with van der Waals surface area (Å²) in [6.45, 7) is 0. The van der Waals surface area contributed by atoms with Crippen LogP contribution in [0.2, 0.25) is 10.0 Å². The third-order valence-electron chi connectivity index (χ3n) is 1.83. The molecule has 1 aromatic carbocycles. The van der Waals surface area contributed by atoms with Crippen molar-refractivity contribution in [3.05, 3.63) is 27.7 Å². The molecule has 2 N–H and O–H groups in total. The van der Waals surface area contributed by atoms with Gasteiger partial charge in [0, 0.05) is 18.7 Å². The van der Waals surface area contributed by atoms with Gasteiger partial charge in [-0.05, 0) is 6.07 Å². The third-order valence-corrected chi connectivity index (χ3v) is 2.45. The molecular weight excluding hydrogens is 225 g/mol. The van der Waals surface area contributed by atoms with Crippen LogP contribution in [0.25, 0.3) is 0 Å². The van der Waals surface area contributed by atoms with Gasteiger partial charge in [-0.25, -0.2) is 0 Å². The van der Waals surface area contributed by atoms with Gasteiger partial charge in [0.05, 0.1) is 17.2 Å². The third kappa shape index (κ3) is 2.30. The van der Waals surface area contributed by atoms with E-state index in [-0.39, 0.29) is 0 Å². The zero-order valence-corrected chi connectivity index (χ0v) is 9.39. The predicted octanol–water partition coefficient (Wildman–Crippen LogP) is 2.61. The highest BCUT2D eigenvalue weighted by Gasteiger charge is 2.13. The van der Waals surface area contributed by atoms with Crippen molar-refractivity contribution < 1.29 is 9.47 Å². The Hall–Kier alpha value is -0.480. The fourth-order valence-electron chi connectivity index (χ4n) is 1.05. The van der Waals surface area contributed by atoms with E-state index in [4.69, 9.17) is 38.4 Å². The number of benzene rings is 1. The molecule has 0 radical (unpaired) electrons. The lowest BCUT2D eigenvalue weighted by Crippen LogP contribution is -2.12. The number of hydrogen-bond acceptors (Lipinski definition) is 3. The molecule has 5 heteroatoms. The molecule has 14 heavy (non-hydrogen) atoms. The van der Waals surface area contributed by atoms with Crippen molar-refractivity contribution in [1.29, 1.82) is 0 Å². The molecule has 1 unspecified atom stereocenters. The van der Waals surface area contributed by atoms with Crippen molar-refractivity contribution in [2.75, 3.05) is 14.2 Å². The average Bonchev–Trinajstić information content (AvgIpc) is 2.19. The van der Waals surface area contributed by atoms with Gasteiger partial charge >= 0.3 is 0 Å².